The fourth-order valence-electron chi connectivity index (χ4n) is 2.99. The fourth-order valence-corrected chi connectivity index (χ4v) is 4.45. The molecule has 1 saturated heterocycles. The molecule has 1 N–H and O–H groups in total. The van der Waals surface area contributed by atoms with Crippen molar-refractivity contribution in [2.24, 2.45) is 0 Å². The predicted octanol–water partition coefficient (Wildman–Crippen LogP) is 4.65. The van der Waals surface area contributed by atoms with Gasteiger partial charge in [-0.15, -0.1) is 22.7 Å². The second kappa shape index (κ2) is 7.37. The molecule has 3 aromatic rings. The molecule has 3 heterocycles. The number of amides is 1. The van der Waals surface area contributed by atoms with Crippen LogP contribution in [-0.4, -0.2) is 24.0 Å². The first kappa shape index (κ1) is 16.3. The highest BCUT2D eigenvalue weighted by atomic mass is 32.1. The Labute approximate surface area is 155 Å². The van der Waals surface area contributed by atoms with Crippen LogP contribution >= 0.6 is 22.7 Å². The number of thiophene rings is 1. The Morgan fingerprint density at radius 2 is 2.16 bits per heavy atom. The van der Waals surface area contributed by atoms with Crippen LogP contribution in [0.15, 0.2) is 47.2 Å². The van der Waals surface area contributed by atoms with Crippen LogP contribution in [0.1, 0.15) is 17.7 Å². The van der Waals surface area contributed by atoms with Crippen molar-refractivity contribution in [2.75, 3.05) is 23.3 Å². The van der Waals surface area contributed by atoms with E-state index in [1.54, 1.807) is 22.7 Å². The molecular weight excluding hydrogens is 350 g/mol. The third kappa shape index (κ3) is 3.75. The van der Waals surface area contributed by atoms with Gasteiger partial charge in [0.25, 0.3) is 0 Å². The Kier molecular flexibility index (Phi) is 4.81. The molecule has 0 spiro atoms. The van der Waals surface area contributed by atoms with Crippen LogP contribution in [0.25, 0.3) is 11.3 Å². The molecule has 0 saturated carbocycles. The van der Waals surface area contributed by atoms with Gasteiger partial charge in [-0.1, -0.05) is 18.2 Å². The Bertz CT molecular complexity index is 857. The molecule has 1 aromatic carbocycles. The van der Waals surface area contributed by atoms with Gasteiger partial charge >= 0.3 is 0 Å². The van der Waals surface area contributed by atoms with Gasteiger partial charge < -0.3 is 10.2 Å². The second-order valence-corrected chi connectivity index (χ2v) is 7.88. The zero-order valence-corrected chi connectivity index (χ0v) is 15.4. The molecule has 1 aliphatic heterocycles. The lowest BCUT2D eigenvalue weighted by Crippen LogP contribution is -2.23. The summed E-state index contributed by atoms with van der Waals surface area (Å²) in [7, 11) is 0. The van der Waals surface area contributed by atoms with Gasteiger partial charge in [-0.25, -0.2) is 4.98 Å². The SMILES string of the molecule is O=C1CCCN1c1cccc(-c2csc(NCCc3cccs3)n2)c1. The molecule has 25 heavy (non-hydrogen) atoms. The van der Waals surface area contributed by atoms with Gasteiger partial charge in [0, 0.05) is 41.0 Å². The monoisotopic (exact) mass is 369 g/mol. The van der Waals surface area contributed by atoms with E-state index >= 15 is 0 Å². The zero-order valence-electron chi connectivity index (χ0n) is 13.8. The van der Waals surface area contributed by atoms with Crippen LogP contribution in [0.3, 0.4) is 0 Å². The van der Waals surface area contributed by atoms with E-state index in [0.717, 1.165) is 48.0 Å². The zero-order chi connectivity index (χ0) is 17.1. The van der Waals surface area contributed by atoms with Crippen molar-refractivity contribution in [3.8, 4) is 11.3 Å². The molecule has 2 aromatic heterocycles. The highest BCUT2D eigenvalue weighted by Gasteiger charge is 2.21. The lowest BCUT2D eigenvalue weighted by atomic mass is 10.1. The standard InChI is InChI=1S/C19H19N3OS2/c23-18-7-2-10-22(18)15-5-1-4-14(12-15)17-13-25-19(21-17)20-9-8-16-6-3-11-24-16/h1,3-6,11-13H,2,7-10H2,(H,20,21). The van der Waals surface area contributed by atoms with Gasteiger partial charge in [0.2, 0.25) is 5.91 Å². The van der Waals surface area contributed by atoms with E-state index in [2.05, 4.69) is 40.3 Å². The van der Waals surface area contributed by atoms with Crippen molar-refractivity contribution in [3.05, 3.63) is 52.0 Å². The topological polar surface area (TPSA) is 45.2 Å². The van der Waals surface area contributed by atoms with E-state index in [0.29, 0.717) is 6.42 Å². The first-order valence-electron chi connectivity index (χ1n) is 8.42. The van der Waals surface area contributed by atoms with E-state index in [9.17, 15) is 4.79 Å². The first-order chi connectivity index (χ1) is 12.3. The van der Waals surface area contributed by atoms with Crippen LogP contribution in [0.2, 0.25) is 0 Å². The molecule has 1 amide bonds. The number of benzene rings is 1. The average molecular weight is 370 g/mol. The summed E-state index contributed by atoms with van der Waals surface area (Å²) in [5.41, 5.74) is 2.98. The summed E-state index contributed by atoms with van der Waals surface area (Å²) >= 11 is 3.41. The van der Waals surface area contributed by atoms with Gasteiger partial charge in [-0.3, -0.25) is 4.79 Å². The van der Waals surface area contributed by atoms with Gasteiger partial charge in [0.05, 0.1) is 5.69 Å². The van der Waals surface area contributed by atoms with Crippen LogP contribution in [0, 0.1) is 0 Å². The number of nitrogens with zero attached hydrogens (tertiary/aromatic N) is 2. The summed E-state index contributed by atoms with van der Waals surface area (Å²) in [6, 6.07) is 12.4. The van der Waals surface area contributed by atoms with Crippen molar-refractivity contribution in [1.29, 1.82) is 0 Å². The van der Waals surface area contributed by atoms with Crippen LogP contribution in [0.5, 0.6) is 0 Å². The van der Waals surface area contributed by atoms with Crippen LogP contribution in [0.4, 0.5) is 10.8 Å². The molecule has 4 rings (SSSR count). The number of nitrogens with one attached hydrogen (secondary N) is 1. The van der Waals surface area contributed by atoms with E-state index < -0.39 is 0 Å². The fraction of sp³-hybridized carbons (Fsp3) is 0.263. The number of anilines is 2. The number of aromatic nitrogens is 1. The van der Waals surface area contributed by atoms with Crippen LogP contribution in [-0.2, 0) is 11.2 Å². The number of rotatable bonds is 6. The minimum Gasteiger partial charge on any atom is -0.361 e. The quantitative estimate of drug-likeness (QED) is 0.688. The normalized spacial score (nSPS) is 14.2. The highest BCUT2D eigenvalue weighted by molar-refractivity contribution is 7.14. The summed E-state index contributed by atoms with van der Waals surface area (Å²) in [6.07, 6.45) is 2.61. The van der Waals surface area contributed by atoms with Gasteiger partial charge in [-0.05, 0) is 36.4 Å². The average Bonchev–Trinajstić information content (AvgIpc) is 3.37. The lowest BCUT2D eigenvalue weighted by Gasteiger charge is -2.16. The van der Waals surface area contributed by atoms with E-state index in [1.807, 2.05) is 17.0 Å². The maximum atomic E-state index is 11.9. The summed E-state index contributed by atoms with van der Waals surface area (Å²) in [5, 5.41) is 8.51. The summed E-state index contributed by atoms with van der Waals surface area (Å²) < 4.78 is 0. The molecule has 0 radical (unpaired) electrons. The molecular formula is C19H19N3OS2. The van der Waals surface area contributed by atoms with Crippen molar-refractivity contribution >= 4 is 39.4 Å². The molecule has 6 heteroatoms. The molecule has 1 fully saturated rings. The lowest BCUT2D eigenvalue weighted by molar-refractivity contribution is -0.117. The third-order valence-corrected chi connectivity index (χ3v) is 6.00. The molecule has 0 bridgehead atoms. The Hall–Kier alpha value is -2.18. The Morgan fingerprint density at radius 1 is 1.20 bits per heavy atom. The maximum absolute atomic E-state index is 11.9. The Balaban J connectivity index is 1.43. The largest absolute Gasteiger partial charge is 0.361 e. The van der Waals surface area contributed by atoms with Gasteiger partial charge in [0.15, 0.2) is 5.13 Å². The number of hydrogen-bond donors (Lipinski definition) is 1. The second-order valence-electron chi connectivity index (χ2n) is 5.99. The highest BCUT2D eigenvalue weighted by Crippen LogP contribution is 2.29. The summed E-state index contributed by atoms with van der Waals surface area (Å²) in [6.45, 7) is 1.70. The van der Waals surface area contributed by atoms with Crippen molar-refractivity contribution in [1.82, 2.24) is 4.98 Å². The Morgan fingerprint density at radius 3 is 2.96 bits per heavy atom. The number of hydrogen-bond acceptors (Lipinski definition) is 5. The molecule has 4 nitrogen and oxygen atoms in total. The molecule has 0 aliphatic carbocycles. The minimum atomic E-state index is 0.214. The van der Waals surface area contributed by atoms with Gasteiger partial charge in [0.1, 0.15) is 0 Å². The molecule has 0 unspecified atom stereocenters. The minimum absolute atomic E-state index is 0.214. The maximum Gasteiger partial charge on any atom is 0.227 e. The predicted molar refractivity (Wildman–Crippen MR) is 106 cm³/mol. The number of thiazole rings is 1. The number of carbonyl (C=O) groups excluding carboxylic acids is 1. The number of carbonyl (C=O) groups is 1. The smallest absolute Gasteiger partial charge is 0.227 e. The molecule has 0 atom stereocenters. The molecule has 1 aliphatic rings. The van der Waals surface area contributed by atoms with E-state index in [1.165, 1.54) is 4.88 Å². The summed E-state index contributed by atoms with van der Waals surface area (Å²) in [5.74, 6) is 0.214. The summed E-state index contributed by atoms with van der Waals surface area (Å²) in [4.78, 5) is 19.9. The van der Waals surface area contributed by atoms with Crippen molar-refractivity contribution in [3.63, 3.8) is 0 Å². The van der Waals surface area contributed by atoms with Crippen molar-refractivity contribution in [2.45, 2.75) is 19.3 Å². The van der Waals surface area contributed by atoms with Crippen molar-refractivity contribution < 1.29 is 4.79 Å². The van der Waals surface area contributed by atoms with E-state index in [4.69, 9.17) is 4.98 Å². The molecule has 128 valence electrons. The van der Waals surface area contributed by atoms with Crippen LogP contribution < -0.4 is 10.2 Å². The van der Waals surface area contributed by atoms with E-state index in [-0.39, 0.29) is 5.91 Å². The van der Waals surface area contributed by atoms with Gasteiger partial charge in [-0.2, -0.15) is 0 Å². The third-order valence-electron chi connectivity index (χ3n) is 4.26. The first-order valence-corrected chi connectivity index (χ1v) is 10.2.